The van der Waals surface area contributed by atoms with Gasteiger partial charge in [-0.2, -0.15) is 0 Å². The second-order valence-corrected chi connectivity index (χ2v) is 7.38. The average molecular weight is 384 g/mol. The summed E-state index contributed by atoms with van der Waals surface area (Å²) >= 11 is 12.1. The molecule has 0 fully saturated rings. The van der Waals surface area contributed by atoms with Crippen LogP contribution < -0.4 is 9.64 Å². The number of fused-ring (bicyclic) bond motifs is 1. The first-order valence-corrected chi connectivity index (χ1v) is 9.36. The van der Waals surface area contributed by atoms with E-state index in [4.69, 9.17) is 27.9 Å². The first-order chi connectivity index (χ1) is 12.7. The van der Waals surface area contributed by atoms with Crippen LogP contribution in [0.4, 0.5) is 11.4 Å². The number of hydrogen-bond acceptors (Lipinski definition) is 2. The van der Waals surface area contributed by atoms with Crippen LogP contribution in [-0.4, -0.2) is 13.2 Å². The number of anilines is 2. The van der Waals surface area contributed by atoms with Crippen LogP contribution >= 0.6 is 23.2 Å². The maximum Gasteiger partial charge on any atom is 0.142 e. The Hall–Kier alpha value is -2.16. The predicted octanol–water partition coefficient (Wildman–Crippen LogP) is 6.31. The van der Waals surface area contributed by atoms with E-state index in [0.29, 0.717) is 6.04 Å². The van der Waals surface area contributed by atoms with E-state index in [1.165, 1.54) is 11.1 Å². The zero-order valence-corrected chi connectivity index (χ0v) is 16.0. The van der Waals surface area contributed by atoms with Crippen molar-refractivity contribution in [2.75, 3.05) is 12.0 Å². The van der Waals surface area contributed by atoms with Crippen LogP contribution in [0.1, 0.15) is 11.1 Å². The van der Waals surface area contributed by atoms with Crippen molar-refractivity contribution >= 4 is 34.6 Å². The van der Waals surface area contributed by atoms with Gasteiger partial charge in [-0.1, -0.05) is 47.5 Å². The van der Waals surface area contributed by atoms with Crippen molar-refractivity contribution in [3.63, 3.8) is 0 Å². The second-order valence-electron chi connectivity index (χ2n) is 6.50. The van der Waals surface area contributed by atoms with Gasteiger partial charge in [-0.3, -0.25) is 0 Å². The molecule has 0 aromatic heterocycles. The molecule has 1 atom stereocenters. The maximum atomic E-state index is 6.10. The van der Waals surface area contributed by atoms with E-state index in [1.54, 1.807) is 7.11 Å². The van der Waals surface area contributed by atoms with E-state index in [-0.39, 0.29) is 0 Å². The van der Waals surface area contributed by atoms with Crippen molar-refractivity contribution in [1.29, 1.82) is 0 Å². The number of ether oxygens (including phenoxy) is 1. The number of methoxy groups -OCH3 is 1. The van der Waals surface area contributed by atoms with Crippen LogP contribution in [0.3, 0.4) is 0 Å². The van der Waals surface area contributed by atoms with E-state index in [9.17, 15) is 0 Å². The molecule has 0 bridgehead atoms. The number of rotatable bonds is 4. The zero-order chi connectivity index (χ0) is 18.1. The normalized spacial score (nSPS) is 15.8. The summed E-state index contributed by atoms with van der Waals surface area (Å²) in [5, 5.41) is 1.50. The SMILES string of the molecule is COc1cccc2c1N(c1ccc(Cl)cc1)C(Cc1ccc(Cl)cc1)C2. The molecule has 3 aromatic carbocycles. The molecule has 0 aliphatic carbocycles. The topological polar surface area (TPSA) is 12.5 Å². The Kier molecular flexibility index (Phi) is 4.80. The summed E-state index contributed by atoms with van der Waals surface area (Å²) in [6, 6.07) is 22.7. The van der Waals surface area contributed by atoms with Gasteiger partial charge in [-0.05, 0) is 66.4 Å². The van der Waals surface area contributed by atoms with Gasteiger partial charge in [0.2, 0.25) is 0 Å². The van der Waals surface area contributed by atoms with Gasteiger partial charge >= 0.3 is 0 Å². The molecular weight excluding hydrogens is 365 g/mol. The van der Waals surface area contributed by atoms with Gasteiger partial charge in [0.1, 0.15) is 5.75 Å². The fourth-order valence-electron chi connectivity index (χ4n) is 3.70. The minimum Gasteiger partial charge on any atom is -0.495 e. The summed E-state index contributed by atoms with van der Waals surface area (Å²) in [6.07, 6.45) is 1.90. The van der Waals surface area contributed by atoms with Gasteiger partial charge in [0.25, 0.3) is 0 Å². The lowest BCUT2D eigenvalue weighted by molar-refractivity contribution is 0.415. The molecule has 1 aliphatic heterocycles. The van der Waals surface area contributed by atoms with Crippen LogP contribution in [0.25, 0.3) is 0 Å². The predicted molar refractivity (Wildman–Crippen MR) is 109 cm³/mol. The quantitative estimate of drug-likeness (QED) is 0.523. The molecule has 0 spiro atoms. The van der Waals surface area contributed by atoms with Crippen molar-refractivity contribution < 1.29 is 4.74 Å². The highest BCUT2D eigenvalue weighted by molar-refractivity contribution is 6.30. The van der Waals surface area contributed by atoms with Gasteiger partial charge in [0, 0.05) is 21.8 Å². The van der Waals surface area contributed by atoms with E-state index in [0.717, 1.165) is 40.0 Å². The molecule has 3 aromatic rings. The minimum absolute atomic E-state index is 0.309. The first kappa shape index (κ1) is 17.3. The van der Waals surface area contributed by atoms with Crippen LogP contribution in [0.5, 0.6) is 5.75 Å². The summed E-state index contributed by atoms with van der Waals surface area (Å²) in [5.74, 6) is 0.899. The molecule has 4 rings (SSSR count). The zero-order valence-electron chi connectivity index (χ0n) is 14.5. The molecule has 0 amide bonds. The Morgan fingerprint density at radius 3 is 2.23 bits per heavy atom. The van der Waals surface area contributed by atoms with E-state index >= 15 is 0 Å². The Morgan fingerprint density at radius 2 is 1.58 bits per heavy atom. The van der Waals surface area contributed by atoms with Crippen LogP contribution in [0.2, 0.25) is 10.0 Å². The van der Waals surface area contributed by atoms with Gasteiger partial charge in [-0.15, -0.1) is 0 Å². The van der Waals surface area contributed by atoms with Gasteiger partial charge in [0.15, 0.2) is 0 Å². The lowest BCUT2D eigenvalue weighted by atomic mass is 10.0. The third kappa shape index (κ3) is 3.27. The van der Waals surface area contributed by atoms with E-state index in [1.807, 2.05) is 30.3 Å². The van der Waals surface area contributed by atoms with Crippen LogP contribution in [0.15, 0.2) is 66.7 Å². The third-order valence-electron chi connectivity index (χ3n) is 4.85. The van der Waals surface area contributed by atoms with Gasteiger partial charge in [-0.25, -0.2) is 0 Å². The molecule has 4 heteroatoms. The fraction of sp³-hybridized carbons (Fsp3) is 0.182. The van der Waals surface area contributed by atoms with Crippen molar-refractivity contribution in [3.05, 3.63) is 87.9 Å². The van der Waals surface area contributed by atoms with E-state index in [2.05, 4.69) is 41.3 Å². The first-order valence-electron chi connectivity index (χ1n) is 8.61. The van der Waals surface area contributed by atoms with Crippen molar-refractivity contribution in [3.8, 4) is 5.75 Å². The average Bonchev–Trinajstić information content (AvgIpc) is 3.02. The monoisotopic (exact) mass is 383 g/mol. The fourth-order valence-corrected chi connectivity index (χ4v) is 3.95. The Morgan fingerprint density at radius 1 is 0.923 bits per heavy atom. The lowest BCUT2D eigenvalue weighted by Gasteiger charge is -2.29. The summed E-state index contributed by atoms with van der Waals surface area (Å²) in [5.41, 5.74) is 4.84. The summed E-state index contributed by atoms with van der Waals surface area (Å²) < 4.78 is 5.66. The number of para-hydroxylation sites is 1. The Labute approximate surface area is 163 Å². The summed E-state index contributed by atoms with van der Waals surface area (Å²) in [7, 11) is 1.72. The highest BCUT2D eigenvalue weighted by Gasteiger charge is 2.33. The number of halogens is 2. The molecule has 26 heavy (non-hydrogen) atoms. The Bertz CT molecular complexity index is 906. The van der Waals surface area contributed by atoms with Crippen molar-refractivity contribution in [2.24, 2.45) is 0 Å². The van der Waals surface area contributed by atoms with Crippen LogP contribution in [-0.2, 0) is 12.8 Å². The number of benzene rings is 3. The van der Waals surface area contributed by atoms with Gasteiger partial charge < -0.3 is 9.64 Å². The number of hydrogen-bond donors (Lipinski definition) is 0. The lowest BCUT2D eigenvalue weighted by Crippen LogP contribution is -2.29. The molecule has 0 radical (unpaired) electrons. The highest BCUT2D eigenvalue weighted by atomic mass is 35.5. The molecule has 1 heterocycles. The highest BCUT2D eigenvalue weighted by Crippen LogP contribution is 2.45. The molecule has 2 nitrogen and oxygen atoms in total. The molecule has 1 aliphatic rings. The molecule has 1 unspecified atom stereocenters. The molecule has 132 valence electrons. The van der Waals surface area contributed by atoms with Crippen molar-refractivity contribution in [1.82, 2.24) is 0 Å². The molecule has 0 saturated heterocycles. The minimum atomic E-state index is 0.309. The molecule has 0 saturated carbocycles. The second kappa shape index (κ2) is 7.22. The third-order valence-corrected chi connectivity index (χ3v) is 5.36. The Balaban J connectivity index is 1.75. The summed E-state index contributed by atoms with van der Waals surface area (Å²) in [6.45, 7) is 0. The summed E-state index contributed by atoms with van der Waals surface area (Å²) in [4.78, 5) is 2.37. The standard InChI is InChI=1S/C22H19Cl2NO/c1-26-21-4-2-3-16-14-20(13-15-5-7-17(23)8-6-15)25(22(16)21)19-11-9-18(24)10-12-19/h2-12,20H,13-14H2,1H3. The van der Waals surface area contributed by atoms with Crippen LogP contribution in [0, 0.1) is 0 Å². The maximum absolute atomic E-state index is 6.10. The largest absolute Gasteiger partial charge is 0.495 e. The molecule has 0 N–H and O–H groups in total. The molecular formula is C22H19Cl2NO. The smallest absolute Gasteiger partial charge is 0.142 e. The van der Waals surface area contributed by atoms with Gasteiger partial charge in [0.05, 0.1) is 12.8 Å². The van der Waals surface area contributed by atoms with Crippen molar-refractivity contribution in [2.45, 2.75) is 18.9 Å². The van der Waals surface area contributed by atoms with E-state index < -0.39 is 0 Å². The number of nitrogens with zero attached hydrogens (tertiary/aromatic N) is 1.